The normalized spacial score (nSPS) is 14.5. The molecule has 0 fully saturated rings. The predicted molar refractivity (Wildman–Crippen MR) is 270 cm³/mol. The molecule has 0 spiro atoms. The smallest absolute Gasteiger partial charge is 0.268 e. The molecule has 3 atom stereocenters. The minimum absolute atomic E-state index is 0.00780. The van der Waals surface area contributed by atoms with Gasteiger partial charge in [-0.2, -0.15) is 0 Å². The van der Waals surface area contributed by atoms with E-state index in [1.807, 2.05) is 27.2 Å². The monoisotopic (exact) mass is 907 g/mol. The fourth-order valence-corrected chi connectivity index (χ4v) is 8.29. The van der Waals surface area contributed by atoms with Crippen molar-refractivity contribution in [1.29, 1.82) is 0 Å². The highest BCUT2D eigenvalue weighted by Crippen LogP contribution is 2.38. The standard InChI is InChI=1S/C54H103N2O6P/c1-6-8-10-12-14-16-18-20-22-24-26-27-28-30-31-33-35-37-39-41-43-45-47-53(57)52(51-62-63(59,60)61-50-49-56(3,4)5)55-54(58)48-46-44-42-40-38-36-34-32-29-25-23-21-19-17-15-13-11-9-7-2/h15,17,19,21,37,39,45,47,52-53,57H,6-14,16,18,20,22-36,38,40-44,46,48-51H2,1-5H3,(H-,55,58,59,60)/b17-15-,21-19-,39-37+,47-45+. The number of nitrogens with one attached hydrogen (secondary N) is 1. The van der Waals surface area contributed by atoms with Gasteiger partial charge in [0, 0.05) is 6.42 Å². The Hall–Kier alpha value is -1.54. The molecule has 0 aliphatic rings. The number of phosphoric acid groups is 1. The van der Waals surface area contributed by atoms with Crippen molar-refractivity contribution in [2.75, 3.05) is 40.9 Å². The minimum Gasteiger partial charge on any atom is -0.756 e. The molecule has 370 valence electrons. The van der Waals surface area contributed by atoms with Gasteiger partial charge in [-0.3, -0.25) is 9.36 Å². The SMILES string of the molecule is CCCCC/C=C\C=C/CCCCCCCCCCCCC(=O)NC(COP(=O)([O-])OCC[N+](C)(C)C)C(O)/C=C/CC/C=C/CCCCCCCCCCCCCCCCCC. The van der Waals surface area contributed by atoms with Gasteiger partial charge < -0.3 is 28.8 Å². The number of unbranched alkanes of at least 4 members (excludes halogenated alkanes) is 30. The molecule has 0 bridgehead atoms. The van der Waals surface area contributed by atoms with Crippen LogP contribution in [-0.4, -0.2) is 68.5 Å². The van der Waals surface area contributed by atoms with Crippen molar-refractivity contribution in [3.05, 3.63) is 48.6 Å². The van der Waals surface area contributed by atoms with E-state index in [0.29, 0.717) is 17.4 Å². The highest BCUT2D eigenvalue weighted by molar-refractivity contribution is 7.45. The Bertz CT molecular complexity index is 1170. The van der Waals surface area contributed by atoms with E-state index < -0.39 is 26.6 Å². The number of quaternary nitrogens is 1. The summed E-state index contributed by atoms with van der Waals surface area (Å²) >= 11 is 0. The van der Waals surface area contributed by atoms with Gasteiger partial charge in [-0.1, -0.05) is 223 Å². The lowest BCUT2D eigenvalue weighted by atomic mass is 10.0. The molecular formula is C54H103N2O6P. The third-order valence-electron chi connectivity index (χ3n) is 11.8. The second-order valence-electron chi connectivity index (χ2n) is 19.2. The van der Waals surface area contributed by atoms with Crippen LogP contribution < -0.4 is 10.2 Å². The van der Waals surface area contributed by atoms with Crippen molar-refractivity contribution in [2.24, 2.45) is 0 Å². The van der Waals surface area contributed by atoms with E-state index in [1.165, 1.54) is 180 Å². The third-order valence-corrected chi connectivity index (χ3v) is 12.8. The number of aliphatic hydroxyl groups is 1. The molecule has 0 aliphatic heterocycles. The van der Waals surface area contributed by atoms with Crippen molar-refractivity contribution in [3.63, 3.8) is 0 Å². The molecule has 0 aromatic heterocycles. The summed E-state index contributed by atoms with van der Waals surface area (Å²) in [5.41, 5.74) is 0. The van der Waals surface area contributed by atoms with Crippen LogP contribution in [0, 0.1) is 0 Å². The molecule has 0 aromatic rings. The zero-order chi connectivity index (χ0) is 46.4. The van der Waals surface area contributed by atoms with E-state index in [2.05, 4.69) is 55.6 Å². The van der Waals surface area contributed by atoms with Crippen LogP contribution in [0.2, 0.25) is 0 Å². The molecule has 9 heteroatoms. The molecule has 0 rings (SSSR count). The zero-order valence-electron chi connectivity index (χ0n) is 42.0. The van der Waals surface area contributed by atoms with Crippen LogP contribution in [0.4, 0.5) is 0 Å². The largest absolute Gasteiger partial charge is 0.756 e. The number of allylic oxidation sites excluding steroid dienone is 7. The Morgan fingerprint density at radius 2 is 0.937 bits per heavy atom. The number of hydrogen-bond donors (Lipinski definition) is 2. The third kappa shape index (κ3) is 48.2. The number of carbonyl (C=O) groups is 1. The molecule has 0 aromatic carbocycles. The summed E-state index contributed by atoms with van der Waals surface area (Å²) in [7, 11) is 1.24. The Morgan fingerprint density at radius 1 is 0.556 bits per heavy atom. The van der Waals surface area contributed by atoms with Crippen molar-refractivity contribution >= 4 is 13.7 Å². The van der Waals surface area contributed by atoms with E-state index in [0.717, 1.165) is 38.5 Å². The quantitative estimate of drug-likeness (QED) is 0.0207. The molecule has 0 saturated carbocycles. The van der Waals surface area contributed by atoms with Gasteiger partial charge in [0.2, 0.25) is 5.91 Å². The summed E-state index contributed by atoms with van der Waals surface area (Å²) in [6.45, 7) is 4.61. The van der Waals surface area contributed by atoms with Crippen LogP contribution in [-0.2, 0) is 18.4 Å². The van der Waals surface area contributed by atoms with Crippen molar-refractivity contribution in [1.82, 2.24) is 5.32 Å². The molecule has 63 heavy (non-hydrogen) atoms. The van der Waals surface area contributed by atoms with Crippen molar-refractivity contribution < 1.29 is 32.9 Å². The van der Waals surface area contributed by atoms with Crippen LogP contribution in [0.15, 0.2) is 48.6 Å². The average molecular weight is 907 g/mol. The van der Waals surface area contributed by atoms with Gasteiger partial charge in [-0.05, 0) is 57.8 Å². The van der Waals surface area contributed by atoms with Gasteiger partial charge in [-0.15, -0.1) is 0 Å². The summed E-state index contributed by atoms with van der Waals surface area (Å²) in [5.74, 6) is -0.211. The first kappa shape index (κ1) is 61.5. The Balaban J connectivity index is 4.34. The number of likely N-dealkylation sites (N-methyl/N-ethyl adjacent to an activating group) is 1. The molecule has 1 amide bonds. The molecule has 0 saturated heterocycles. The van der Waals surface area contributed by atoms with Crippen LogP contribution in [0.5, 0.6) is 0 Å². The van der Waals surface area contributed by atoms with Gasteiger partial charge in [0.05, 0.1) is 39.9 Å². The first-order valence-corrected chi connectivity index (χ1v) is 28.0. The van der Waals surface area contributed by atoms with E-state index >= 15 is 0 Å². The fraction of sp³-hybridized carbons (Fsp3) is 0.833. The molecule has 2 N–H and O–H groups in total. The fourth-order valence-electron chi connectivity index (χ4n) is 7.57. The lowest BCUT2D eigenvalue weighted by Gasteiger charge is -2.29. The maximum Gasteiger partial charge on any atom is 0.268 e. The number of aliphatic hydroxyl groups excluding tert-OH is 1. The van der Waals surface area contributed by atoms with Gasteiger partial charge in [0.1, 0.15) is 13.2 Å². The molecule has 0 aliphatic carbocycles. The van der Waals surface area contributed by atoms with Crippen LogP contribution in [0.3, 0.4) is 0 Å². The number of amides is 1. The van der Waals surface area contributed by atoms with E-state index in [1.54, 1.807) is 6.08 Å². The summed E-state index contributed by atoms with van der Waals surface area (Å²) in [6, 6.07) is -0.906. The zero-order valence-corrected chi connectivity index (χ0v) is 42.9. The van der Waals surface area contributed by atoms with Gasteiger partial charge >= 0.3 is 0 Å². The summed E-state index contributed by atoms with van der Waals surface area (Å²) < 4.78 is 23.3. The predicted octanol–water partition coefficient (Wildman–Crippen LogP) is 15.0. The summed E-state index contributed by atoms with van der Waals surface area (Å²) in [5, 5.41) is 13.8. The lowest BCUT2D eigenvalue weighted by Crippen LogP contribution is -2.45. The van der Waals surface area contributed by atoms with Crippen molar-refractivity contribution in [2.45, 2.75) is 251 Å². The summed E-state index contributed by atoms with van der Waals surface area (Å²) in [6.07, 6.45) is 58.9. The van der Waals surface area contributed by atoms with Crippen LogP contribution >= 0.6 is 7.82 Å². The Kier molecular flexibility index (Phi) is 44.5. The van der Waals surface area contributed by atoms with E-state index in [9.17, 15) is 19.4 Å². The number of phosphoric ester groups is 1. The topological polar surface area (TPSA) is 108 Å². The van der Waals surface area contributed by atoms with Gasteiger partial charge in [0.25, 0.3) is 7.82 Å². The van der Waals surface area contributed by atoms with Gasteiger partial charge in [0.15, 0.2) is 0 Å². The van der Waals surface area contributed by atoms with E-state index in [4.69, 9.17) is 9.05 Å². The first-order chi connectivity index (χ1) is 30.5. The lowest BCUT2D eigenvalue weighted by molar-refractivity contribution is -0.870. The molecule has 3 unspecified atom stereocenters. The highest BCUT2D eigenvalue weighted by atomic mass is 31.2. The van der Waals surface area contributed by atoms with E-state index in [-0.39, 0.29) is 12.5 Å². The number of nitrogens with zero attached hydrogens (tertiary/aromatic N) is 1. The first-order valence-electron chi connectivity index (χ1n) is 26.5. The number of hydrogen-bond acceptors (Lipinski definition) is 6. The van der Waals surface area contributed by atoms with Crippen LogP contribution in [0.25, 0.3) is 0 Å². The average Bonchev–Trinajstić information content (AvgIpc) is 3.24. The number of rotatable bonds is 48. The minimum atomic E-state index is -4.60. The maximum absolute atomic E-state index is 12.9. The molecule has 0 radical (unpaired) electrons. The molecule has 8 nitrogen and oxygen atoms in total. The number of carbonyl (C=O) groups excluding carboxylic acids is 1. The Morgan fingerprint density at radius 3 is 1.41 bits per heavy atom. The Labute approximate surface area is 390 Å². The second-order valence-corrected chi connectivity index (χ2v) is 20.7. The summed E-state index contributed by atoms with van der Waals surface area (Å²) in [4.78, 5) is 25.4. The second kappa shape index (κ2) is 45.6. The van der Waals surface area contributed by atoms with Crippen LogP contribution in [0.1, 0.15) is 239 Å². The molecular weight excluding hydrogens is 804 g/mol. The molecule has 0 heterocycles. The highest BCUT2D eigenvalue weighted by Gasteiger charge is 2.23. The maximum atomic E-state index is 12.9. The van der Waals surface area contributed by atoms with Crippen molar-refractivity contribution in [3.8, 4) is 0 Å². The van der Waals surface area contributed by atoms with Gasteiger partial charge in [-0.25, -0.2) is 0 Å².